The van der Waals surface area contributed by atoms with Crippen molar-refractivity contribution in [2.24, 2.45) is 5.73 Å². The Labute approximate surface area is 120 Å². The van der Waals surface area contributed by atoms with Gasteiger partial charge in [0.15, 0.2) is 0 Å². The standard InChI is InChI=1S/C14H22N2O2S/c1-17-10-8-16(9-11-18-2)13(14(15)19)12-6-4-3-5-7-12/h3-7,13H,8-11H2,1-2H3,(H2,15,19). The summed E-state index contributed by atoms with van der Waals surface area (Å²) in [6.45, 7) is 2.79. The minimum Gasteiger partial charge on any atom is -0.392 e. The molecular formula is C14H22N2O2S. The lowest BCUT2D eigenvalue weighted by atomic mass is 10.1. The van der Waals surface area contributed by atoms with Crippen LogP contribution in [-0.4, -0.2) is 50.4 Å². The molecule has 0 aliphatic rings. The summed E-state index contributed by atoms with van der Waals surface area (Å²) >= 11 is 5.23. The van der Waals surface area contributed by atoms with E-state index in [1.165, 1.54) is 0 Å². The molecule has 5 heteroatoms. The Morgan fingerprint density at radius 2 is 1.68 bits per heavy atom. The molecular weight excluding hydrogens is 260 g/mol. The Bertz CT molecular complexity index is 365. The van der Waals surface area contributed by atoms with Crippen LogP contribution in [0.5, 0.6) is 0 Å². The van der Waals surface area contributed by atoms with Crippen molar-refractivity contribution in [2.45, 2.75) is 6.04 Å². The third kappa shape index (κ3) is 5.24. The van der Waals surface area contributed by atoms with Gasteiger partial charge in [-0.15, -0.1) is 0 Å². The predicted molar refractivity (Wildman–Crippen MR) is 81.3 cm³/mol. The van der Waals surface area contributed by atoms with E-state index in [-0.39, 0.29) is 6.04 Å². The fourth-order valence-electron chi connectivity index (χ4n) is 1.98. The van der Waals surface area contributed by atoms with Crippen LogP contribution < -0.4 is 5.73 Å². The average molecular weight is 282 g/mol. The second kappa shape index (κ2) is 8.98. The number of ether oxygens (including phenoxy) is 2. The molecule has 1 atom stereocenters. The first-order valence-electron chi connectivity index (χ1n) is 6.27. The van der Waals surface area contributed by atoms with E-state index in [0.717, 1.165) is 18.7 Å². The van der Waals surface area contributed by atoms with Crippen LogP contribution in [-0.2, 0) is 9.47 Å². The molecule has 0 aliphatic carbocycles. The second-order valence-electron chi connectivity index (χ2n) is 4.24. The van der Waals surface area contributed by atoms with Crippen LogP contribution in [0.15, 0.2) is 30.3 Å². The molecule has 1 aromatic rings. The molecule has 0 fully saturated rings. The maximum Gasteiger partial charge on any atom is 0.0948 e. The molecule has 106 valence electrons. The van der Waals surface area contributed by atoms with Crippen molar-refractivity contribution in [2.75, 3.05) is 40.5 Å². The zero-order valence-corrected chi connectivity index (χ0v) is 12.4. The number of nitrogens with zero attached hydrogens (tertiary/aromatic N) is 1. The minimum absolute atomic E-state index is 0.0819. The summed E-state index contributed by atoms with van der Waals surface area (Å²) in [6, 6.07) is 9.96. The van der Waals surface area contributed by atoms with Gasteiger partial charge in [-0.2, -0.15) is 0 Å². The van der Waals surface area contributed by atoms with Gasteiger partial charge in [0, 0.05) is 27.3 Å². The molecule has 0 bridgehead atoms. The molecule has 4 nitrogen and oxygen atoms in total. The van der Waals surface area contributed by atoms with E-state index in [4.69, 9.17) is 27.4 Å². The minimum atomic E-state index is -0.0819. The molecule has 0 aromatic heterocycles. The maximum absolute atomic E-state index is 5.92. The van der Waals surface area contributed by atoms with E-state index < -0.39 is 0 Å². The van der Waals surface area contributed by atoms with Gasteiger partial charge in [-0.3, -0.25) is 4.90 Å². The van der Waals surface area contributed by atoms with Crippen molar-refractivity contribution < 1.29 is 9.47 Å². The lowest BCUT2D eigenvalue weighted by Gasteiger charge is -2.31. The first-order valence-corrected chi connectivity index (χ1v) is 6.67. The van der Waals surface area contributed by atoms with Crippen molar-refractivity contribution >= 4 is 17.2 Å². The van der Waals surface area contributed by atoms with E-state index in [1.807, 2.05) is 30.3 Å². The molecule has 0 saturated heterocycles. The lowest BCUT2D eigenvalue weighted by Crippen LogP contribution is -2.40. The average Bonchev–Trinajstić information content (AvgIpc) is 2.42. The van der Waals surface area contributed by atoms with E-state index >= 15 is 0 Å². The first-order chi connectivity index (χ1) is 9.20. The third-order valence-electron chi connectivity index (χ3n) is 2.92. The van der Waals surface area contributed by atoms with Gasteiger partial charge in [0.2, 0.25) is 0 Å². The number of thiocarbonyl (C=S) groups is 1. The molecule has 0 amide bonds. The number of hydrogen-bond acceptors (Lipinski definition) is 4. The molecule has 2 N–H and O–H groups in total. The largest absolute Gasteiger partial charge is 0.392 e. The van der Waals surface area contributed by atoms with Gasteiger partial charge in [-0.25, -0.2) is 0 Å². The Morgan fingerprint density at radius 3 is 2.11 bits per heavy atom. The quantitative estimate of drug-likeness (QED) is 0.697. The van der Waals surface area contributed by atoms with Gasteiger partial charge >= 0.3 is 0 Å². The maximum atomic E-state index is 5.92. The van der Waals surface area contributed by atoms with Crippen LogP contribution in [0.4, 0.5) is 0 Å². The topological polar surface area (TPSA) is 47.7 Å². The molecule has 19 heavy (non-hydrogen) atoms. The molecule has 1 aromatic carbocycles. The highest BCUT2D eigenvalue weighted by molar-refractivity contribution is 7.80. The molecule has 0 aliphatic heterocycles. The SMILES string of the molecule is COCCN(CCOC)C(C(N)=S)c1ccccc1. The van der Waals surface area contributed by atoms with Crippen molar-refractivity contribution in [3.8, 4) is 0 Å². The van der Waals surface area contributed by atoms with Crippen LogP contribution in [0.1, 0.15) is 11.6 Å². The van der Waals surface area contributed by atoms with Crippen LogP contribution >= 0.6 is 12.2 Å². The monoisotopic (exact) mass is 282 g/mol. The van der Waals surface area contributed by atoms with Crippen LogP contribution in [0, 0.1) is 0 Å². The summed E-state index contributed by atoms with van der Waals surface area (Å²) in [6.07, 6.45) is 0. The number of benzene rings is 1. The first kappa shape index (κ1) is 16.0. The van der Waals surface area contributed by atoms with Gasteiger partial charge in [-0.1, -0.05) is 42.5 Å². The summed E-state index contributed by atoms with van der Waals surface area (Å²) in [7, 11) is 3.37. The Morgan fingerprint density at radius 1 is 1.16 bits per heavy atom. The van der Waals surface area contributed by atoms with Crippen LogP contribution in [0.2, 0.25) is 0 Å². The number of rotatable bonds is 9. The fraction of sp³-hybridized carbons (Fsp3) is 0.500. The summed E-state index contributed by atoms with van der Waals surface area (Å²) in [5.74, 6) is 0. The summed E-state index contributed by atoms with van der Waals surface area (Å²) in [5, 5.41) is 0. The highest BCUT2D eigenvalue weighted by Gasteiger charge is 2.22. The van der Waals surface area contributed by atoms with Crippen molar-refractivity contribution in [1.29, 1.82) is 0 Å². The predicted octanol–water partition coefficient (Wildman–Crippen LogP) is 1.61. The van der Waals surface area contributed by atoms with E-state index in [9.17, 15) is 0 Å². The Balaban J connectivity index is 2.88. The summed E-state index contributed by atoms with van der Waals surface area (Å²) in [5.41, 5.74) is 7.02. The fourth-order valence-corrected chi connectivity index (χ4v) is 2.26. The zero-order valence-electron chi connectivity index (χ0n) is 11.5. The highest BCUT2D eigenvalue weighted by atomic mass is 32.1. The van der Waals surface area contributed by atoms with E-state index in [0.29, 0.717) is 18.2 Å². The van der Waals surface area contributed by atoms with Gasteiger partial charge in [0.05, 0.1) is 24.2 Å². The molecule has 0 spiro atoms. The zero-order chi connectivity index (χ0) is 14.1. The molecule has 0 radical (unpaired) electrons. The lowest BCUT2D eigenvalue weighted by molar-refractivity contribution is 0.104. The van der Waals surface area contributed by atoms with Gasteiger partial charge in [0.25, 0.3) is 0 Å². The van der Waals surface area contributed by atoms with Crippen molar-refractivity contribution in [3.05, 3.63) is 35.9 Å². The molecule has 0 heterocycles. The highest BCUT2D eigenvalue weighted by Crippen LogP contribution is 2.20. The molecule has 1 rings (SSSR count). The number of hydrogen-bond donors (Lipinski definition) is 1. The van der Waals surface area contributed by atoms with Gasteiger partial charge < -0.3 is 15.2 Å². The molecule has 0 saturated carbocycles. The van der Waals surface area contributed by atoms with E-state index in [1.54, 1.807) is 14.2 Å². The summed E-state index contributed by atoms with van der Waals surface area (Å²) in [4.78, 5) is 2.66. The van der Waals surface area contributed by atoms with Crippen LogP contribution in [0.25, 0.3) is 0 Å². The Hall–Kier alpha value is -1.01. The third-order valence-corrected chi connectivity index (χ3v) is 3.14. The smallest absolute Gasteiger partial charge is 0.0948 e. The van der Waals surface area contributed by atoms with Gasteiger partial charge in [-0.05, 0) is 5.56 Å². The second-order valence-corrected chi connectivity index (χ2v) is 4.71. The number of methoxy groups -OCH3 is 2. The normalized spacial score (nSPS) is 12.6. The number of nitrogens with two attached hydrogens (primary N) is 1. The summed E-state index contributed by atoms with van der Waals surface area (Å²) < 4.78 is 10.3. The van der Waals surface area contributed by atoms with E-state index in [2.05, 4.69) is 4.90 Å². The van der Waals surface area contributed by atoms with Crippen LogP contribution in [0.3, 0.4) is 0 Å². The van der Waals surface area contributed by atoms with Crippen molar-refractivity contribution in [1.82, 2.24) is 4.90 Å². The van der Waals surface area contributed by atoms with Gasteiger partial charge in [0.1, 0.15) is 0 Å². The Kier molecular flexibility index (Phi) is 7.59. The van der Waals surface area contributed by atoms with Crippen molar-refractivity contribution in [3.63, 3.8) is 0 Å². The molecule has 1 unspecified atom stereocenters.